The van der Waals surface area contributed by atoms with Gasteiger partial charge in [-0.05, 0) is 79.8 Å². The van der Waals surface area contributed by atoms with Crippen molar-refractivity contribution in [3.05, 3.63) is 76.9 Å². The molecule has 228 valence electrons. The number of hydrogen-bond acceptors (Lipinski definition) is 9. The first-order chi connectivity index (χ1) is 21.2. The highest BCUT2D eigenvalue weighted by Gasteiger charge is 2.48. The van der Waals surface area contributed by atoms with Crippen molar-refractivity contribution in [3.63, 3.8) is 0 Å². The van der Waals surface area contributed by atoms with Gasteiger partial charge in [-0.2, -0.15) is 0 Å². The van der Waals surface area contributed by atoms with Crippen LogP contribution in [0.25, 0.3) is 16.0 Å². The predicted molar refractivity (Wildman–Crippen MR) is 169 cm³/mol. The highest BCUT2D eigenvalue weighted by atomic mass is 32.1. The van der Waals surface area contributed by atoms with Gasteiger partial charge in [-0.3, -0.25) is 14.5 Å². The van der Waals surface area contributed by atoms with Crippen molar-refractivity contribution in [2.45, 2.75) is 40.2 Å². The van der Waals surface area contributed by atoms with Crippen molar-refractivity contribution in [2.24, 2.45) is 5.92 Å². The Morgan fingerprint density at radius 2 is 1.82 bits per heavy atom. The van der Waals surface area contributed by atoms with Gasteiger partial charge in [-0.15, -0.1) is 0 Å². The van der Waals surface area contributed by atoms with Gasteiger partial charge in [-0.1, -0.05) is 37.3 Å². The van der Waals surface area contributed by atoms with Crippen LogP contribution in [0.5, 0.6) is 23.0 Å². The monoisotopic (exact) mass is 614 g/mol. The van der Waals surface area contributed by atoms with E-state index >= 15 is 0 Å². The molecule has 9 nitrogen and oxygen atoms in total. The molecule has 6 rings (SSSR count). The van der Waals surface area contributed by atoms with Crippen LogP contribution in [0.4, 0.5) is 5.13 Å². The molecule has 0 unspecified atom stereocenters. The zero-order valence-corrected chi connectivity index (χ0v) is 25.9. The third-order valence-corrected chi connectivity index (χ3v) is 8.55. The molecule has 0 spiro atoms. The van der Waals surface area contributed by atoms with Gasteiger partial charge in [0.15, 0.2) is 28.1 Å². The third kappa shape index (κ3) is 5.57. The summed E-state index contributed by atoms with van der Waals surface area (Å²) in [5.41, 5.74) is 2.61. The second-order valence-electron chi connectivity index (χ2n) is 11.2. The van der Waals surface area contributed by atoms with E-state index in [4.69, 9.17) is 23.9 Å². The molecule has 3 aromatic carbocycles. The Bertz CT molecular complexity index is 1780. The number of hydrogen-bond donors (Lipinski definition) is 1. The predicted octanol–water partition coefficient (Wildman–Crippen LogP) is 6.83. The SMILES string of the molecule is CCOc1cc([C@@H]2/C(=C(\O)c3ccc4c(c3)OCCO4)C(=O)C(=O)N2c2nc3ccc(C)cc3s2)ccc1OCCC(C)C. The molecule has 0 bridgehead atoms. The lowest BCUT2D eigenvalue weighted by atomic mass is 9.95. The minimum atomic E-state index is -0.978. The number of anilines is 1. The maximum Gasteiger partial charge on any atom is 0.301 e. The molecule has 0 saturated carbocycles. The second kappa shape index (κ2) is 12.2. The molecule has 1 amide bonds. The molecule has 1 N–H and O–H groups in total. The van der Waals surface area contributed by atoms with Gasteiger partial charge < -0.3 is 24.1 Å². The van der Waals surface area contributed by atoms with E-state index in [-0.39, 0.29) is 11.3 Å². The Balaban J connectivity index is 1.50. The van der Waals surface area contributed by atoms with Crippen molar-refractivity contribution in [1.82, 2.24) is 4.98 Å². The van der Waals surface area contributed by atoms with E-state index in [2.05, 4.69) is 13.8 Å². The lowest BCUT2D eigenvalue weighted by molar-refractivity contribution is -0.132. The standard InChI is InChI=1S/C34H34N2O7S/c1-5-40-26-17-21(7-10-24(26)41-13-12-19(2)3)30-29(31(37)22-8-11-25-27(18-22)43-15-14-42-25)32(38)33(39)36(30)34-35-23-9-6-20(4)16-28(23)44-34/h6-11,16-19,30,37H,5,12-15H2,1-4H3/b31-29+/t30-/m1/s1. The summed E-state index contributed by atoms with van der Waals surface area (Å²) in [6.07, 6.45) is 0.875. The number of aryl methyl sites for hydroxylation is 1. The fourth-order valence-electron chi connectivity index (χ4n) is 5.30. The Morgan fingerprint density at radius 3 is 2.59 bits per heavy atom. The summed E-state index contributed by atoms with van der Waals surface area (Å²) in [6.45, 7) is 9.81. The van der Waals surface area contributed by atoms with Crippen molar-refractivity contribution < 1.29 is 33.6 Å². The maximum atomic E-state index is 13.8. The summed E-state index contributed by atoms with van der Waals surface area (Å²) < 4.78 is 24.2. The van der Waals surface area contributed by atoms with E-state index in [1.807, 2.05) is 32.0 Å². The van der Waals surface area contributed by atoms with Gasteiger partial charge in [0.05, 0.1) is 35.0 Å². The molecule has 1 fully saturated rings. The molecule has 1 aromatic heterocycles. The van der Waals surface area contributed by atoms with Crippen LogP contribution in [0, 0.1) is 12.8 Å². The number of benzene rings is 3. The zero-order valence-electron chi connectivity index (χ0n) is 25.1. The fraction of sp³-hybridized carbons (Fsp3) is 0.324. The van der Waals surface area contributed by atoms with E-state index in [1.165, 1.54) is 16.2 Å². The molecular weight excluding hydrogens is 580 g/mol. The lowest BCUT2D eigenvalue weighted by Crippen LogP contribution is -2.29. The van der Waals surface area contributed by atoms with Gasteiger partial charge >= 0.3 is 5.91 Å². The Morgan fingerprint density at radius 1 is 1.02 bits per heavy atom. The molecule has 2 aliphatic rings. The largest absolute Gasteiger partial charge is 0.507 e. The Kier molecular flexibility index (Phi) is 8.18. The minimum absolute atomic E-state index is 0.0574. The third-order valence-electron chi connectivity index (χ3n) is 7.53. The number of ether oxygens (including phenoxy) is 4. The fourth-order valence-corrected chi connectivity index (χ4v) is 6.39. The van der Waals surface area contributed by atoms with E-state index in [9.17, 15) is 14.7 Å². The van der Waals surface area contributed by atoms with Gasteiger partial charge in [-0.25, -0.2) is 4.98 Å². The van der Waals surface area contributed by atoms with Crippen molar-refractivity contribution in [2.75, 3.05) is 31.3 Å². The highest BCUT2D eigenvalue weighted by molar-refractivity contribution is 7.22. The summed E-state index contributed by atoms with van der Waals surface area (Å²) in [6, 6.07) is 15.2. The van der Waals surface area contributed by atoms with Gasteiger partial charge in [0.1, 0.15) is 19.0 Å². The first-order valence-corrected chi connectivity index (χ1v) is 15.5. The average molecular weight is 615 g/mol. The Hall–Kier alpha value is -4.57. The van der Waals surface area contributed by atoms with E-state index in [0.717, 1.165) is 16.7 Å². The van der Waals surface area contributed by atoms with E-state index in [1.54, 1.807) is 36.4 Å². The van der Waals surface area contributed by atoms with Gasteiger partial charge in [0.2, 0.25) is 0 Å². The summed E-state index contributed by atoms with van der Waals surface area (Å²) in [7, 11) is 0. The van der Waals surface area contributed by atoms with Crippen molar-refractivity contribution in [1.29, 1.82) is 0 Å². The number of aromatic nitrogens is 1. The van der Waals surface area contributed by atoms with Crippen LogP contribution >= 0.6 is 11.3 Å². The summed E-state index contributed by atoms with van der Waals surface area (Å²) >= 11 is 1.32. The number of fused-ring (bicyclic) bond motifs is 2. The average Bonchev–Trinajstić information content (AvgIpc) is 3.54. The van der Waals surface area contributed by atoms with Crippen LogP contribution in [-0.2, 0) is 9.59 Å². The lowest BCUT2D eigenvalue weighted by Gasteiger charge is -2.24. The second-order valence-corrected chi connectivity index (χ2v) is 12.2. The summed E-state index contributed by atoms with van der Waals surface area (Å²) in [5.74, 6) is 0.614. The number of aliphatic hydroxyl groups is 1. The first-order valence-electron chi connectivity index (χ1n) is 14.7. The number of amides is 1. The molecule has 4 aromatic rings. The van der Waals surface area contributed by atoms with E-state index < -0.39 is 17.7 Å². The summed E-state index contributed by atoms with van der Waals surface area (Å²) in [4.78, 5) is 33.7. The number of carbonyl (C=O) groups excluding carboxylic acids is 2. The van der Waals surface area contributed by atoms with Gasteiger partial charge in [0, 0.05) is 5.56 Å². The number of Topliss-reactive ketones (excluding diaryl/α,β-unsaturated/α-hetero) is 1. The zero-order chi connectivity index (χ0) is 31.0. The van der Waals surface area contributed by atoms with Crippen molar-refractivity contribution in [3.8, 4) is 23.0 Å². The molecule has 10 heteroatoms. The highest BCUT2D eigenvalue weighted by Crippen LogP contribution is 2.46. The quantitative estimate of drug-likeness (QED) is 0.124. The van der Waals surface area contributed by atoms with Crippen LogP contribution in [-0.4, -0.2) is 48.2 Å². The molecule has 44 heavy (non-hydrogen) atoms. The number of ketones is 1. The molecular formula is C34H34N2O7S. The topological polar surface area (TPSA) is 107 Å². The smallest absolute Gasteiger partial charge is 0.301 e. The van der Waals surface area contributed by atoms with Crippen LogP contribution in [0.2, 0.25) is 0 Å². The van der Waals surface area contributed by atoms with Crippen LogP contribution in [0.1, 0.15) is 49.9 Å². The van der Waals surface area contributed by atoms with Crippen molar-refractivity contribution >= 4 is 44.1 Å². The van der Waals surface area contributed by atoms with Crippen LogP contribution in [0.3, 0.4) is 0 Å². The molecule has 0 aliphatic carbocycles. The van der Waals surface area contributed by atoms with Crippen LogP contribution < -0.4 is 23.8 Å². The minimum Gasteiger partial charge on any atom is -0.507 e. The normalized spacial score (nSPS) is 17.5. The number of carbonyl (C=O) groups is 2. The van der Waals surface area contributed by atoms with E-state index in [0.29, 0.717) is 77.1 Å². The maximum absolute atomic E-state index is 13.8. The summed E-state index contributed by atoms with van der Waals surface area (Å²) in [5, 5.41) is 12.0. The number of aliphatic hydroxyl groups excluding tert-OH is 1. The van der Waals surface area contributed by atoms with Crippen LogP contribution in [0.15, 0.2) is 60.2 Å². The number of thiazole rings is 1. The number of nitrogens with zero attached hydrogens (tertiary/aromatic N) is 2. The Labute approximate surface area is 259 Å². The molecule has 3 heterocycles. The molecule has 1 atom stereocenters. The molecule has 1 saturated heterocycles. The molecule has 0 radical (unpaired) electrons. The first kappa shape index (κ1) is 29.5. The van der Waals surface area contributed by atoms with Gasteiger partial charge in [0.25, 0.3) is 5.78 Å². The number of rotatable bonds is 9. The molecule has 2 aliphatic heterocycles.